The standard InChI is InChI=1S/C14H20N6O3S/c1-3-6-24(21,22)19-10-7-12(20(2)9-10)14-17-13(18-23-14)11-8-15-4-5-16-11/h4-5,8,10,12,19H,3,6-7,9H2,1-2H3. The summed E-state index contributed by atoms with van der Waals surface area (Å²) in [6.45, 7) is 2.44. The van der Waals surface area contributed by atoms with Crippen molar-refractivity contribution in [3.63, 3.8) is 0 Å². The van der Waals surface area contributed by atoms with Gasteiger partial charge in [0.2, 0.25) is 21.7 Å². The van der Waals surface area contributed by atoms with E-state index < -0.39 is 10.0 Å². The van der Waals surface area contributed by atoms with Crippen molar-refractivity contribution >= 4 is 10.0 Å². The average Bonchev–Trinajstić information content (AvgIpc) is 3.14. The Bertz CT molecular complexity index is 779. The van der Waals surface area contributed by atoms with E-state index in [1.54, 1.807) is 18.6 Å². The summed E-state index contributed by atoms with van der Waals surface area (Å²) in [5.74, 6) is 0.965. The Morgan fingerprint density at radius 3 is 2.96 bits per heavy atom. The lowest BCUT2D eigenvalue weighted by Crippen LogP contribution is -2.37. The molecule has 1 aliphatic rings. The van der Waals surface area contributed by atoms with Gasteiger partial charge < -0.3 is 4.52 Å². The summed E-state index contributed by atoms with van der Waals surface area (Å²) in [5.41, 5.74) is 0.536. The van der Waals surface area contributed by atoms with E-state index in [0.717, 1.165) is 0 Å². The molecule has 1 aliphatic heterocycles. The van der Waals surface area contributed by atoms with Crippen LogP contribution in [0, 0.1) is 0 Å². The maximum absolute atomic E-state index is 11.9. The first-order valence-corrected chi connectivity index (χ1v) is 9.44. The fourth-order valence-corrected chi connectivity index (χ4v) is 4.18. The Labute approximate surface area is 140 Å². The summed E-state index contributed by atoms with van der Waals surface area (Å²) < 4.78 is 32.0. The van der Waals surface area contributed by atoms with Gasteiger partial charge in [0.25, 0.3) is 0 Å². The van der Waals surface area contributed by atoms with E-state index in [2.05, 4.69) is 24.8 Å². The topological polar surface area (TPSA) is 114 Å². The smallest absolute Gasteiger partial charge is 0.244 e. The van der Waals surface area contributed by atoms with Crippen molar-refractivity contribution in [2.75, 3.05) is 19.3 Å². The molecule has 2 aromatic rings. The van der Waals surface area contributed by atoms with Crippen LogP contribution in [0.3, 0.4) is 0 Å². The molecule has 2 atom stereocenters. The van der Waals surface area contributed by atoms with Crippen molar-refractivity contribution in [1.82, 2.24) is 29.7 Å². The van der Waals surface area contributed by atoms with Gasteiger partial charge >= 0.3 is 0 Å². The van der Waals surface area contributed by atoms with Crippen LogP contribution in [0.5, 0.6) is 0 Å². The SMILES string of the molecule is CCCS(=O)(=O)NC1CC(c2nc(-c3cnccn3)no2)N(C)C1. The summed E-state index contributed by atoms with van der Waals surface area (Å²) in [6.07, 6.45) is 5.87. The fraction of sp³-hybridized carbons (Fsp3) is 0.571. The van der Waals surface area contributed by atoms with Crippen LogP contribution < -0.4 is 4.72 Å². The van der Waals surface area contributed by atoms with Crippen LogP contribution in [0.15, 0.2) is 23.1 Å². The zero-order valence-corrected chi connectivity index (χ0v) is 14.4. The number of hydrogen-bond donors (Lipinski definition) is 1. The molecule has 1 fully saturated rings. The van der Waals surface area contributed by atoms with Gasteiger partial charge in [0, 0.05) is 25.0 Å². The third-order valence-electron chi connectivity index (χ3n) is 3.89. The van der Waals surface area contributed by atoms with Crippen LogP contribution in [0.25, 0.3) is 11.5 Å². The van der Waals surface area contributed by atoms with Crippen LogP contribution in [0.4, 0.5) is 0 Å². The summed E-state index contributed by atoms with van der Waals surface area (Å²) in [4.78, 5) is 14.5. The molecule has 10 heteroatoms. The Morgan fingerprint density at radius 1 is 1.42 bits per heavy atom. The molecule has 3 rings (SSSR count). The quantitative estimate of drug-likeness (QED) is 0.804. The van der Waals surface area contributed by atoms with Gasteiger partial charge in [-0.3, -0.25) is 9.88 Å². The number of nitrogens with one attached hydrogen (secondary N) is 1. The molecule has 3 heterocycles. The lowest BCUT2D eigenvalue weighted by molar-refractivity contribution is 0.244. The average molecular weight is 352 g/mol. The highest BCUT2D eigenvalue weighted by molar-refractivity contribution is 7.89. The second kappa shape index (κ2) is 6.91. The van der Waals surface area contributed by atoms with E-state index in [1.165, 1.54) is 0 Å². The zero-order chi connectivity index (χ0) is 17.2. The molecular weight excluding hydrogens is 332 g/mol. The van der Waals surface area contributed by atoms with Crippen molar-refractivity contribution in [3.8, 4) is 11.5 Å². The van der Waals surface area contributed by atoms with Crippen LogP contribution >= 0.6 is 0 Å². The summed E-state index contributed by atoms with van der Waals surface area (Å²) >= 11 is 0. The normalized spacial score (nSPS) is 22.1. The molecule has 1 saturated heterocycles. The number of sulfonamides is 1. The van der Waals surface area contributed by atoms with Crippen molar-refractivity contribution in [2.24, 2.45) is 0 Å². The maximum atomic E-state index is 11.9. The first-order chi connectivity index (χ1) is 11.5. The van der Waals surface area contributed by atoms with Crippen molar-refractivity contribution in [1.29, 1.82) is 0 Å². The highest BCUT2D eigenvalue weighted by Crippen LogP contribution is 2.30. The molecule has 0 spiro atoms. The molecule has 0 aromatic carbocycles. The highest BCUT2D eigenvalue weighted by Gasteiger charge is 2.36. The van der Waals surface area contributed by atoms with Crippen LogP contribution in [-0.2, 0) is 10.0 Å². The largest absolute Gasteiger partial charge is 0.337 e. The maximum Gasteiger partial charge on any atom is 0.244 e. The monoisotopic (exact) mass is 352 g/mol. The van der Waals surface area contributed by atoms with E-state index in [0.29, 0.717) is 36.8 Å². The minimum absolute atomic E-state index is 0.128. The molecule has 2 unspecified atom stereocenters. The Hall–Kier alpha value is -1.91. The molecule has 0 amide bonds. The van der Waals surface area contributed by atoms with Gasteiger partial charge in [0.05, 0.1) is 18.0 Å². The minimum Gasteiger partial charge on any atom is -0.337 e. The van der Waals surface area contributed by atoms with Crippen molar-refractivity contribution < 1.29 is 12.9 Å². The van der Waals surface area contributed by atoms with Crippen molar-refractivity contribution in [3.05, 3.63) is 24.5 Å². The molecule has 0 bridgehead atoms. The fourth-order valence-electron chi connectivity index (χ4n) is 2.84. The van der Waals surface area contributed by atoms with Crippen LogP contribution in [0.2, 0.25) is 0 Å². The molecule has 9 nitrogen and oxygen atoms in total. The molecule has 24 heavy (non-hydrogen) atoms. The van der Waals surface area contributed by atoms with E-state index in [4.69, 9.17) is 4.52 Å². The van der Waals surface area contributed by atoms with Gasteiger partial charge in [0.1, 0.15) is 5.69 Å². The highest BCUT2D eigenvalue weighted by atomic mass is 32.2. The number of rotatable bonds is 6. The number of likely N-dealkylation sites (tertiary alicyclic amines) is 1. The molecule has 0 saturated carbocycles. The number of likely N-dealkylation sites (N-methyl/N-ethyl adjacent to an activating group) is 1. The molecule has 0 radical (unpaired) electrons. The lowest BCUT2D eigenvalue weighted by Gasteiger charge is -2.14. The van der Waals surface area contributed by atoms with Gasteiger partial charge in [-0.05, 0) is 19.9 Å². The second-order valence-corrected chi connectivity index (χ2v) is 7.75. The predicted molar refractivity (Wildman–Crippen MR) is 86.3 cm³/mol. The molecule has 1 N–H and O–H groups in total. The third-order valence-corrected chi connectivity index (χ3v) is 5.52. The van der Waals surface area contributed by atoms with E-state index in [1.807, 2.05) is 18.9 Å². The zero-order valence-electron chi connectivity index (χ0n) is 13.6. The Morgan fingerprint density at radius 2 is 2.25 bits per heavy atom. The number of hydrogen-bond acceptors (Lipinski definition) is 8. The second-order valence-electron chi connectivity index (χ2n) is 5.87. The Balaban J connectivity index is 1.71. The Kier molecular flexibility index (Phi) is 4.88. The summed E-state index contributed by atoms with van der Waals surface area (Å²) in [5, 5.41) is 3.94. The third kappa shape index (κ3) is 3.77. The van der Waals surface area contributed by atoms with Gasteiger partial charge in [-0.1, -0.05) is 12.1 Å². The summed E-state index contributed by atoms with van der Waals surface area (Å²) in [7, 11) is -1.34. The molecule has 0 aliphatic carbocycles. The van der Waals surface area contributed by atoms with E-state index in [-0.39, 0.29) is 17.8 Å². The molecular formula is C14H20N6O3S. The predicted octanol–water partition coefficient (Wildman–Crippen LogP) is 0.601. The van der Waals surface area contributed by atoms with E-state index >= 15 is 0 Å². The first-order valence-electron chi connectivity index (χ1n) is 7.78. The van der Waals surface area contributed by atoms with Crippen molar-refractivity contribution in [2.45, 2.75) is 31.8 Å². The van der Waals surface area contributed by atoms with Gasteiger partial charge in [-0.2, -0.15) is 4.98 Å². The van der Waals surface area contributed by atoms with Gasteiger partial charge in [-0.25, -0.2) is 18.1 Å². The number of aromatic nitrogens is 4. The van der Waals surface area contributed by atoms with Gasteiger partial charge in [-0.15, -0.1) is 0 Å². The molecule has 130 valence electrons. The van der Waals surface area contributed by atoms with Gasteiger partial charge in [0.15, 0.2) is 0 Å². The van der Waals surface area contributed by atoms with Crippen LogP contribution in [0.1, 0.15) is 31.7 Å². The minimum atomic E-state index is -3.24. The summed E-state index contributed by atoms with van der Waals surface area (Å²) in [6, 6.07) is -0.291. The van der Waals surface area contributed by atoms with E-state index in [9.17, 15) is 8.42 Å². The molecule has 2 aromatic heterocycles. The van der Waals surface area contributed by atoms with Crippen LogP contribution in [-0.4, -0.2) is 58.8 Å². The lowest BCUT2D eigenvalue weighted by atomic mass is 10.2. The number of nitrogens with zero attached hydrogens (tertiary/aromatic N) is 5. The first kappa shape index (κ1) is 16.9.